The zero-order chi connectivity index (χ0) is 21.2. The van der Waals surface area contributed by atoms with E-state index >= 15 is 0 Å². The molecule has 10 heteroatoms. The summed E-state index contributed by atoms with van der Waals surface area (Å²) in [5, 5.41) is 6.61. The first-order valence-electron chi connectivity index (χ1n) is 10.4. The van der Waals surface area contributed by atoms with Crippen LogP contribution in [-0.4, -0.2) is 82.1 Å². The number of nitrogens with zero attached hydrogens (tertiary/aromatic N) is 3. The predicted molar refractivity (Wildman–Crippen MR) is 130 cm³/mol. The standard InChI is InChI=1S/C19H39N5O3S.HI/c1-6-8-10-16(7-2)13-20-19(22-15-18(25)23(3)4)21-14-17-11-9-12-24(17)28(5,26)27;/h16-17H,6-15H2,1-5H3,(H2,20,21,22);1H/t16?,17-;/m1./s1. The topological polar surface area (TPSA) is 94.1 Å². The molecule has 2 N–H and O–H groups in total. The Morgan fingerprint density at radius 3 is 2.52 bits per heavy atom. The van der Waals surface area contributed by atoms with E-state index in [0.717, 1.165) is 32.2 Å². The number of rotatable bonds is 11. The van der Waals surface area contributed by atoms with Crippen molar-refractivity contribution in [3.8, 4) is 0 Å². The van der Waals surface area contributed by atoms with Crippen molar-refractivity contribution in [1.29, 1.82) is 0 Å². The quantitative estimate of drug-likeness (QED) is 0.235. The van der Waals surface area contributed by atoms with E-state index in [0.29, 0.717) is 25.0 Å². The summed E-state index contributed by atoms with van der Waals surface area (Å²) >= 11 is 0. The Morgan fingerprint density at radius 2 is 1.97 bits per heavy atom. The third-order valence-corrected chi connectivity index (χ3v) is 6.56. The molecular weight excluding hydrogens is 505 g/mol. The smallest absolute Gasteiger partial charge is 0.243 e. The summed E-state index contributed by atoms with van der Waals surface area (Å²) in [5.74, 6) is 1.05. The van der Waals surface area contributed by atoms with Gasteiger partial charge in [-0.25, -0.2) is 13.4 Å². The normalized spacial score (nSPS) is 18.8. The fourth-order valence-electron chi connectivity index (χ4n) is 3.31. The van der Waals surface area contributed by atoms with Crippen molar-refractivity contribution < 1.29 is 13.2 Å². The summed E-state index contributed by atoms with van der Waals surface area (Å²) in [5.41, 5.74) is 0. The molecule has 2 atom stereocenters. The number of carbonyl (C=O) groups is 1. The predicted octanol–water partition coefficient (Wildman–Crippen LogP) is 1.87. The summed E-state index contributed by atoms with van der Waals surface area (Å²) in [6.07, 6.45) is 7.58. The highest BCUT2D eigenvalue weighted by molar-refractivity contribution is 14.0. The van der Waals surface area contributed by atoms with Crippen LogP contribution in [0.3, 0.4) is 0 Å². The van der Waals surface area contributed by atoms with Gasteiger partial charge in [-0.1, -0.05) is 33.1 Å². The van der Waals surface area contributed by atoms with Crippen molar-refractivity contribution >= 4 is 45.9 Å². The van der Waals surface area contributed by atoms with Crippen molar-refractivity contribution in [3.63, 3.8) is 0 Å². The fraction of sp³-hybridized carbons (Fsp3) is 0.895. The molecule has 1 aliphatic rings. The molecule has 0 spiro atoms. The number of aliphatic imine (C=N–C) groups is 1. The SMILES string of the molecule is CCCCC(CC)CNC(=NCC(=O)N(C)C)NC[C@H]1CCCN1S(C)(=O)=O.I. The van der Waals surface area contributed by atoms with Gasteiger partial charge in [0.25, 0.3) is 0 Å². The van der Waals surface area contributed by atoms with Crippen LogP contribution < -0.4 is 10.6 Å². The number of amides is 1. The lowest BCUT2D eigenvalue weighted by Gasteiger charge is -2.24. The summed E-state index contributed by atoms with van der Waals surface area (Å²) in [4.78, 5) is 17.8. The number of hydrogen-bond acceptors (Lipinski definition) is 4. The first-order valence-corrected chi connectivity index (χ1v) is 12.2. The Balaban J connectivity index is 0.00000784. The molecule has 1 fully saturated rings. The molecule has 0 aromatic rings. The Kier molecular flexibility index (Phi) is 14.1. The van der Waals surface area contributed by atoms with Gasteiger partial charge in [0.05, 0.1) is 6.26 Å². The average molecular weight is 546 g/mol. The maximum atomic E-state index is 11.9. The molecule has 1 saturated heterocycles. The summed E-state index contributed by atoms with van der Waals surface area (Å²) in [6, 6.07) is -0.0754. The number of halogens is 1. The number of carbonyl (C=O) groups excluding carboxylic acids is 1. The van der Waals surface area contributed by atoms with Crippen molar-refractivity contribution in [2.75, 3.05) is 46.5 Å². The maximum absolute atomic E-state index is 11.9. The minimum absolute atomic E-state index is 0. The van der Waals surface area contributed by atoms with Gasteiger partial charge < -0.3 is 15.5 Å². The summed E-state index contributed by atoms with van der Waals surface area (Å²) in [7, 11) is 0.210. The number of guanidine groups is 1. The zero-order valence-electron chi connectivity index (χ0n) is 18.6. The van der Waals surface area contributed by atoms with E-state index in [2.05, 4.69) is 29.5 Å². The van der Waals surface area contributed by atoms with E-state index in [1.807, 2.05) is 0 Å². The molecule has 1 unspecified atom stereocenters. The zero-order valence-corrected chi connectivity index (χ0v) is 21.8. The van der Waals surface area contributed by atoms with E-state index in [1.54, 1.807) is 18.4 Å². The second kappa shape index (κ2) is 14.4. The fourth-order valence-corrected chi connectivity index (χ4v) is 4.49. The molecule has 0 aromatic carbocycles. The van der Waals surface area contributed by atoms with Crippen molar-refractivity contribution in [2.24, 2.45) is 10.9 Å². The molecular formula is C19H40IN5O3S. The summed E-state index contributed by atoms with van der Waals surface area (Å²) in [6.45, 7) is 6.29. The third-order valence-electron chi connectivity index (χ3n) is 5.23. The van der Waals surface area contributed by atoms with E-state index in [-0.39, 0.29) is 42.5 Å². The molecule has 0 saturated carbocycles. The molecule has 0 radical (unpaired) electrons. The minimum atomic E-state index is -3.20. The first-order chi connectivity index (χ1) is 13.2. The number of nitrogens with one attached hydrogen (secondary N) is 2. The maximum Gasteiger partial charge on any atom is 0.243 e. The van der Waals surface area contributed by atoms with Crippen molar-refractivity contribution in [1.82, 2.24) is 19.8 Å². The van der Waals surface area contributed by atoms with Crippen molar-refractivity contribution in [2.45, 2.75) is 58.4 Å². The lowest BCUT2D eigenvalue weighted by molar-refractivity contribution is -0.127. The van der Waals surface area contributed by atoms with Crippen LogP contribution in [0.1, 0.15) is 52.4 Å². The number of hydrogen-bond donors (Lipinski definition) is 2. The Hall–Kier alpha value is -0.620. The van der Waals surface area contributed by atoms with Gasteiger partial charge in [0.2, 0.25) is 15.9 Å². The van der Waals surface area contributed by atoms with Crippen LogP contribution in [0, 0.1) is 5.92 Å². The molecule has 1 rings (SSSR count). The Labute approximate surface area is 194 Å². The van der Waals surface area contributed by atoms with Gasteiger partial charge >= 0.3 is 0 Å². The molecule has 1 aliphatic heterocycles. The van der Waals surface area contributed by atoms with Crippen LogP contribution in [0.4, 0.5) is 0 Å². The molecule has 1 amide bonds. The molecule has 0 aromatic heterocycles. The number of sulfonamides is 1. The van der Waals surface area contributed by atoms with Crippen LogP contribution in [-0.2, 0) is 14.8 Å². The molecule has 8 nitrogen and oxygen atoms in total. The van der Waals surface area contributed by atoms with Gasteiger partial charge in [0, 0.05) is 39.8 Å². The Morgan fingerprint density at radius 1 is 1.28 bits per heavy atom. The van der Waals surface area contributed by atoms with Gasteiger partial charge in [-0.15, -0.1) is 24.0 Å². The van der Waals surface area contributed by atoms with Gasteiger partial charge in [-0.05, 0) is 25.2 Å². The Bertz CT molecular complexity index is 613. The van der Waals surface area contributed by atoms with Crippen LogP contribution in [0.5, 0.6) is 0 Å². The minimum Gasteiger partial charge on any atom is -0.356 e. The van der Waals surface area contributed by atoms with Gasteiger partial charge in [0.15, 0.2) is 5.96 Å². The van der Waals surface area contributed by atoms with E-state index in [9.17, 15) is 13.2 Å². The van der Waals surface area contributed by atoms with Crippen molar-refractivity contribution in [3.05, 3.63) is 0 Å². The van der Waals surface area contributed by atoms with E-state index < -0.39 is 10.0 Å². The number of unbranched alkanes of at least 4 members (excludes halogenated alkanes) is 1. The number of likely N-dealkylation sites (N-methyl/N-ethyl adjacent to an activating group) is 1. The summed E-state index contributed by atoms with van der Waals surface area (Å²) < 4.78 is 25.4. The van der Waals surface area contributed by atoms with Crippen LogP contribution in [0.25, 0.3) is 0 Å². The second-order valence-corrected chi connectivity index (χ2v) is 9.74. The van der Waals surface area contributed by atoms with Gasteiger partial charge in [0.1, 0.15) is 6.54 Å². The lowest BCUT2D eigenvalue weighted by Crippen LogP contribution is -2.47. The molecule has 1 heterocycles. The third kappa shape index (κ3) is 10.8. The molecule has 172 valence electrons. The second-order valence-electron chi connectivity index (χ2n) is 7.80. The molecule has 0 bridgehead atoms. The highest BCUT2D eigenvalue weighted by Crippen LogP contribution is 2.19. The molecule has 0 aliphatic carbocycles. The molecule has 29 heavy (non-hydrogen) atoms. The van der Waals surface area contributed by atoms with Crippen LogP contribution in [0.15, 0.2) is 4.99 Å². The first kappa shape index (κ1) is 28.4. The van der Waals surface area contributed by atoms with Crippen LogP contribution >= 0.6 is 24.0 Å². The lowest BCUT2D eigenvalue weighted by atomic mass is 9.99. The monoisotopic (exact) mass is 545 g/mol. The van der Waals surface area contributed by atoms with Gasteiger partial charge in [-0.3, -0.25) is 4.79 Å². The average Bonchev–Trinajstić information content (AvgIpc) is 3.11. The largest absolute Gasteiger partial charge is 0.356 e. The van der Waals surface area contributed by atoms with Crippen LogP contribution in [0.2, 0.25) is 0 Å². The highest BCUT2D eigenvalue weighted by Gasteiger charge is 2.31. The van der Waals surface area contributed by atoms with E-state index in [4.69, 9.17) is 0 Å². The van der Waals surface area contributed by atoms with E-state index in [1.165, 1.54) is 24.0 Å². The highest BCUT2D eigenvalue weighted by atomic mass is 127. The van der Waals surface area contributed by atoms with Gasteiger partial charge in [-0.2, -0.15) is 4.31 Å².